The van der Waals surface area contributed by atoms with Crippen LogP contribution in [0.15, 0.2) is 174 Å². The molecule has 0 aliphatic carbocycles. The van der Waals surface area contributed by atoms with Gasteiger partial charge in [-0.2, -0.15) is 0 Å². The highest BCUT2D eigenvalue weighted by molar-refractivity contribution is 7.26. The third-order valence-electron chi connectivity index (χ3n) is 10.1. The Morgan fingerprint density at radius 2 is 1.16 bits per heavy atom. The van der Waals surface area contributed by atoms with Gasteiger partial charge in [0.25, 0.3) is 0 Å². The molecular formula is C46H28N2OS. The number of fused-ring (bicyclic) bond motifs is 10. The number of hydrogen-bond donors (Lipinski definition) is 0. The first-order chi connectivity index (χ1) is 24.8. The van der Waals surface area contributed by atoms with Crippen LogP contribution in [0.5, 0.6) is 0 Å². The minimum Gasteiger partial charge on any atom is -0.454 e. The Bertz CT molecular complexity index is 3110. The number of rotatable bonds is 4. The summed E-state index contributed by atoms with van der Waals surface area (Å²) in [5.74, 6) is 0. The standard InChI is InChI=1S/C46H28N2OS/c1-2-14-31(15-3-1)47-38-19-8-6-16-33(38)34-25-24-32(28-41(34)47)48(40-21-10-18-36-35-17-7-9-22-42(35)49-46(36)40)39-20-11-23-43-45(39)37-26-29-12-4-5-13-30(29)27-44(37)50-43/h1-28H. The number of anilines is 3. The largest absolute Gasteiger partial charge is 0.454 e. The molecule has 3 aromatic heterocycles. The van der Waals surface area contributed by atoms with Crippen LogP contribution >= 0.6 is 11.3 Å². The van der Waals surface area contributed by atoms with E-state index < -0.39 is 0 Å². The van der Waals surface area contributed by atoms with Crippen LogP contribution in [0.2, 0.25) is 0 Å². The van der Waals surface area contributed by atoms with Crippen LogP contribution in [0.4, 0.5) is 17.1 Å². The number of nitrogens with zero attached hydrogens (tertiary/aromatic N) is 2. The molecular weight excluding hydrogens is 629 g/mol. The maximum Gasteiger partial charge on any atom is 0.159 e. The molecule has 0 aliphatic heterocycles. The predicted molar refractivity (Wildman–Crippen MR) is 213 cm³/mol. The van der Waals surface area contributed by atoms with Gasteiger partial charge in [0.2, 0.25) is 0 Å². The average Bonchev–Trinajstić information content (AvgIpc) is 3.84. The number of benzene rings is 8. The van der Waals surface area contributed by atoms with E-state index in [4.69, 9.17) is 4.42 Å². The highest BCUT2D eigenvalue weighted by Gasteiger charge is 2.24. The smallest absolute Gasteiger partial charge is 0.159 e. The van der Waals surface area contributed by atoms with Gasteiger partial charge >= 0.3 is 0 Å². The van der Waals surface area contributed by atoms with Gasteiger partial charge in [0, 0.05) is 53.1 Å². The lowest BCUT2D eigenvalue weighted by Gasteiger charge is -2.27. The Morgan fingerprint density at radius 3 is 2.06 bits per heavy atom. The van der Waals surface area contributed by atoms with Crippen LogP contribution in [-0.2, 0) is 0 Å². The fourth-order valence-electron chi connectivity index (χ4n) is 7.95. The molecule has 50 heavy (non-hydrogen) atoms. The molecule has 0 atom stereocenters. The van der Waals surface area contributed by atoms with Gasteiger partial charge in [0.05, 0.1) is 22.4 Å². The summed E-state index contributed by atoms with van der Waals surface area (Å²) in [4.78, 5) is 2.42. The van der Waals surface area contributed by atoms with E-state index in [1.54, 1.807) is 0 Å². The van der Waals surface area contributed by atoms with E-state index in [2.05, 4.69) is 173 Å². The van der Waals surface area contributed by atoms with Crippen molar-refractivity contribution in [3.05, 3.63) is 170 Å². The van der Waals surface area contributed by atoms with Crippen molar-refractivity contribution in [2.24, 2.45) is 0 Å². The second-order valence-electron chi connectivity index (χ2n) is 12.9. The lowest BCUT2D eigenvalue weighted by molar-refractivity contribution is 0.669. The molecule has 234 valence electrons. The molecule has 11 rings (SSSR count). The summed E-state index contributed by atoms with van der Waals surface area (Å²) in [5, 5.41) is 9.70. The summed E-state index contributed by atoms with van der Waals surface area (Å²) in [6, 6.07) is 61.2. The van der Waals surface area contributed by atoms with Gasteiger partial charge in [-0.1, -0.05) is 103 Å². The van der Waals surface area contributed by atoms with Crippen molar-refractivity contribution < 1.29 is 4.42 Å². The summed E-state index contributed by atoms with van der Waals surface area (Å²) < 4.78 is 11.7. The molecule has 0 saturated heterocycles. The molecule has 4 heteroatoms. The first-order valence-corrected chi connectivity index (χ1v) is 17.7. The van der Waals surface area contributed by atoms with Gasteiger partial charge in [0.1, 0.15) is 5.58 Å². The van der Waals surface area contributed by atoms with Crippen LogP contribution in [0.1, 0.15) is 0 Å². The predicted octanol–water partition coefficient (Wildman–Crippen LogP) is 13.7. The van der Waals surface area contributed by atoms with Gasteiger partial charge in [-0.15, -0.1) is 11.3 Å². The van der Waals surface area contributed by atoms with E-state index in [9.17, 15) is 0 Å². The molecule has 0 spiro atoms. The van der Waals surface area contributed by atoms with Crippen LogP contribution < -0.4 is 4.90 Å². The maximum atomic E-state index is 6.73. The van der Waals surface area contributed by atoms with Crippen LogP contribution in [0.3, 0.4) is 0 Å². The molecule has 0 fully saturated rings. The monoisotopic (exact) mass is 656 g/mol. The molecule has 3 heterocycles. The van der Waals surface area contributed by atoms with Crippen molar-refractivity contribution in [1.29, 1.82) is 0 Å². The molecule has 3 nitrogen and oxygen atoms in total. The zero-order chi connectivity index (χ0) is 32.8. The first kappa shape index (κ1) is 27.6. The Kier molecular flexibility index (Phi) is 5.83. The zero-order valence-corrected chi connectivity index (χ0v) is 27.7. The molecule has 0 bridgehead atoms. The summed E-state index contributed by atoms with van der Waals surface area (Å²) in [7, 11) is 0. The fourth-order valence-corrected chi connectivity index (χ4v) is 9.11. The summed E-state index contributed by atoms with van der Waals surface area (Å²) >= 11 is 1.86. The summed E-state index contributed by atoms with van der Waals surface area (Å²) in [6.45, 7) is 0. The molecule has 0 aliphatic rings. The van der Waals surface area contributed by atoms with Crippen molar-refractivity contribution in [2.75, 3.05) is 4.90 Å². The van der Waals surface area contributed by atoms with E-state index in [1.165, 1.54) is 47.2 Å². The minimum absolute atomic E-state index is 0.874. The van der Waals surface area contributed by atoms with Crippen molar-refractivity contribution in [1.82, 2.24) is 4.57 Å². The lowest BCUT2D eigenvalue weighted by atomic mass is 10.0. The second-order valence-corrected chi connectivity index (χ2v) is 14.0. The molecule has 0 saturated carbocycles. The topological polar surface area (TPSA) is 21.3 Å². The molecule has 8 aromatic carbocycles. The minimum atomic E-state index is 0.874. The Balaban J connectivity index is 1.26. The third-order valence-corrected chi connectivity index (χ3v) is 11.3. The Hall–Kier alpha value is -6.36. The van der Waals surface area contributed by atoms with Crippen LogP contribution in [-0.4, -0.2) is 4.57 Å². The van der Waals surface area contributed by atoms with Crippen molar-refractivity contribution in [3.63, 3.8) is 0 Å². The van der Waals surface area contributed by atoms with E-state index in [1.807, 2.05) is 17.4 Å². The van der Waals surface area contributed by atoms with Crippen LogP contribution in [0, 0.1) is 0 Å². The summed E-state index contributed by atoms with van der Waals surface area (Å²) in [5.41, 5.74) is 8.45. The number of aromatic nitrogens is 1. The zero-order valence-electron chi connectivity index (χ0n) is 26.9. The number of hydrogen-bond acceptors (Lipinski definition) is 3. The van der Waals surface area contributed by atoms with Gasteiger partial charge < -0.3 is 13.9 Å². The lowest BCUT2D eigenvalue weighted by Crippen LogP contribution is -2.11. The van der Waals surface area contributed by atoms with Gasteiger partial charge in [-0.3, -0.25) is 0 Å². The average molecular weight is 657 g/mol. The van der Waals surface area contributed by atoms with Gasteiger partial charge in [-0.25, -0.2) is 0 Å². The SMILES string of the molecule is c1ccc(-n2c3ccccc3c3ccc(N(c4cccc5c4oc4ccccc45)c4cccc5sc6cc7ccccc7cc6c45)cc32)cc1. The quantitative estimate of drug-likeness (QED) is 0.188. The van der Waals surface area contributed by atoms with Crippen molar-refractivity contribution in [2.45, 2.75) is 0 Å². The third kappa shape index (κ3) is 3.97. The molecule has 0 unspecified atom stereocenters. The van der Waals surface area contributed by atoms with E-state index in [0.29, 0.717) is 0 Å². The number of furan rings is 1. The summed E-state index contributed by atoms with van der Waals surface area (Å²) in [6.07, 6.45) is 0. The number of para-hydroxylation sites is 4. The highest BCUT2D eigenvalue weighted by Crippen LogP contribution is 2.49. The molecule has 0 amide bonds. The number of thiophene rings is 1. The van der Waals surface area contributed by atoms with E-state index in [0.717, 1.165) is 50.2 Å². The Labute approximate surface area is 291 Å². The molecule has 0 radical (unpaired) electrons. The second kappa shape index (κ2) is 10.6. The first-order valence-electron chi connectivity index (χ1n) is 16.9. The van der Waals surface area contributed by atoms with Crippen molar-refractivity contribution in [3.8, 4) is 5.69 Å². The fraction of sp³-hybridized carbons (Fsp3) is 0. The van der Waals surface area contributed by atoms with Crippen molar-refractivity contribution >= 4 is 103 Å². The van der Waals surface area contributed by atoms with Gasteiger partial charge in [-0.05, 0) is 77.5 Å². The normalized spacial score (nSPS) is 12.0. The molecule has 11 aromatic rings. The van der Waals surface area contributed by atoms with E-state index in [-0.39, 0.29) is 0 Å². The van der Waals surface area contributed by atoms with Gasteiger partial charge in [0.15, 0.2) is 5.58 Å². The highest BCUT2D eigenvalue weighted by atomic mass is 32.1. The molecule has 0 N–H and O–H groups in total. The van der Waals surface area contributed by atoms with E-state index >= 15 is 0 Å². The maximum absolute atomic E-state index is 6.73. The Morgan fingerprint density at radius 1 is 0.460 bits per heavy atom. The van der Waals surface area contributed by atoms with Crippen LogP contribution in [0.25, 0.3) is 80.4 Å².